The molecule has 1 aliphatic carbocycles. The molecule has 8 heteroatoms. The van der Waals surface area contributed by atoms with Crippen LogP contribution in [-0.4, -0.2) is 41.7 Å². The first kappa shape index (κ1) is 19.2. The largest absolute Gasteiger partial charge is 0.477 e. The van der Waals surface area contributed by atoms with Gasteiger partial charge in [-0.15, -0.1) is 12.4 Å². The molecular formula is C20H23ClFN3O3. The fraction of sp³-hybridized carbons (Fsp3) is 0.500. The third-order valence-electron chi connectivity index (χ3n) is 6.40. The van der Waals surface area contributed by atoms with Crippen molar-refractivity contribution in [1.29, 1.82) is 0 Å². The van der Waals surface area contributed by atoms with Gasteiger partial charge in [0.05, 0.1) is 17.4 Å². The Balaban J connectivity index is 0.00000192. The summed E-state index contributed by atoms with van der Waals surface area (Å²) in [6, 6.07) is 1.51. The summed E-state index contributed by atoms with van der Waals surface area (Å²) in [5, 5.41) is 12.8. The first-order valence-corrected chi connectivity index (χ1v) is 9.53. The molecule has 3 fully saturated rings. The van der Waals surface area contributed by atoms with Crippen LogP contribution in [0.1, 0.15) is 40.2 Å². The molecule has 0 radical (unpaired) electrons. The first-order chi connectivity index (χ1) is 13.0. The fourth-order valence-electron chi connectivity index (χ4n) is 4.93. The highest BCUT2D eigenvalue weighted by Gasteiger charge is 2.38. The number of pyridine rings is 2. The van der Waals surface area contributed by atoms with E-state index in [0.29, 0.717) is 23.0 Å². The number of carboxylic acids is 1. The molecule has 2 unspecified atom stereocenters. The molecule has 3 aliphatic rings. The molecule has 0 aromatic carbocycles. The van der Waals surface area contributed by atoms with Crippen molar-refractivity contribution in [3.8, 4) is 0 Å². The van der Waals surface area contributed by atoms with Crippen molar-refractivity contribution >= 4 is 29.6 Å². The van der Waals surface area contributed by atoms with Gasteiger partial charge in [0.15, 0.2) is 5.82 Å². The lowest BCUT2D eigenvalue weighted by atomic mass is 10.0. The second-order valence-electron chi connectivity index (χ2n) is 8.15. The Labute approximate surface area is 167 Å². The van der Waals surface area contributed by atoms with Gasteiger partial charge in [-0.05, 0) is 54.7 Å². The molecule has 2 aromatic rings. The zero-order valence-electron chi connectivity index (χ0n) is 15.6. The number of hydrogen-bond acceptors (Lipinski definition) is 4. The quantitative estimate of drug-likeness (QED) is 0.817. The van der Waals surface area contributed by atoms with E-state index in [0.717, 1.165) is 50.1 Å². The number of rotatable bonds is 3. The van der Waals surface area contributed by atoms with Crippen LogP contribution in [0.2, 0.25) is 0 Å². The molecule has 4 heterocycles. The van der Waals surface area contributed by atoms with Gasteiger partial charge in [0, 0.05) is 26.2 Å². The predicted molar refractivity (Wildman–Crippen MR) is 107 cm³/mol. The van der Waals surface area contributed by atoms with E-state index in [2.05, 4.69) is 10.2 Å². The Morgan fingerprint density at radius 1 is 1.25 bits per heavy atom. The normalized spacial score (nSPS) is 23.7. The minimum atomic E-state index is -1.27. The van der Waals surface area contributed by atoms with Crippen molar-refractivity contribution in [3.05, 3.63) is 45.1 Å². The smallest absolute Gasteiger partial charge is 0.341 e. The SMILES string of the molecule is Cc1c(N2CC3CNCC3C2)c(F)cn2c(=O)c(C(=O)O)cc(C3CC3)c12.Cl. The number of nitrogens with zero attached hydrogens (tertiary/aromatic N) is 2. The molecule has 6 nitrogen and oxygen atoms in total. The Morgan fingerprint density at radius 3 is 2.46 bits per heavy atom. The van der Waals surface area contributed by atoms with E-state index in [1.54, 1.807) is 0 Å². The lowest BCUT2D eigenvalue weighted by molar-refractivity contribution is 0.0694. The topological polar surface area (TPSA) is 74.0 Å². The second-order valence-corrected chi connectivity index (χ2v) is 8.15. The van der Waals surface area contributed by atoms with Crippen molar-refractivity contribution in [3.63, 3.8) is 0 Å². The standard InChI is InChI=1S/C20H22FN3O3.ClH/c1-10-17-14(11-2-3-11)4-15(20(26)27)19(25)24(17)9-16(21)18(10)23-7-12-5-22-6-13(12)8-23;/h4,9,11-13,22H,2-3,5-8H2,1H3,(H,26,27);1H. The van der Waals surface area contributed by atoms with Gasteiger partial charge >= 0.3 is 5.97 Å². The lowest BCUT2D eigenvalue weighted by Crippen LogP contribution is -2.29. The minimum Gasteiger partial charge on any atom is -0.477 e. The number of aryl methyl sites for hydroxylation is 1. The third-order valence-corrected chi connectivity index (χ3v) is 6.40. The number of nitrogens with one attached hydrogen (secondary N) is 1. The van der Waals surface area contributed by atoms with E-state index in [1.165, 1.54) is 16.7 Å². The molecule has 2 atom stereocenters. The molecule has 150 valence electrons. The average molecular weight is 408 g/mol. The molecule has 1 saturated carbocycles. The van der Waals surface area contributed by atoms with Gasteiger partial charge in [-0.2, -0.15) is 0 Å². The number of halogens is 2. The Morgan fingerprint density at radius 2 is 1.89 bits per heavy atom. The van der Waals surface area contributed by atoms with Gasteiger partial charge in [0.1, 0.15) is 5.56 Å². The van der Waals surface area contributed by atoms with Gasteiger partial charge in [0.25, 0.3) is 5.56 Å². The van der Waals surface area contributed by atoms with Crippen molar-refractivity contribution in [1.82, 2.24) is 9.72 Å². The minimum absolute atomic E-state index is 0. The molecule has 0 amide bonds. The Kier molecular flexibility index (Phi) is 4.62. The van der Waals surface area contributed by atoms with Crippen LogP contribution >= 0.6 is 12.4 Å². The zero-order valence-corrected chi connectivity index (χ0v) is 16.4. The summed E-state index contributed by atoms with van der Waals surface area (Å²) in [4.78, 5) is 26.3. The molecule has 28 heavy (non-hydrogen) atoms. The molecule has 2 aliphatic heterocycles. The maximum atomic E-state index is 15.1. The molecule has 0 spiro atoms. The maximum Gasteiger partial charge on any atom is 0.341 e. The van der Waals surface area contributed by atoms with Gasteiger partial charge in [-0.3, -0.25) is 9.20 Å². The number of carboxylic acid groups (broad SMARTS) is 1. The first-order valence-electron chi connectivity index (χ1n) is 9.53. The monoisotopic (exact) mass is 407 g/mol. The summed E-state index contributed by atoms with van der Waals surface area (Å²) in [5.74, 6) is -0.422. The van der Waals surface area contributed by atoms with E-state index >= 15 is 4.39 Å². The Hall–Kier alpha value is -2.12. The molecule has 2 N–H and O–H groups in total. The molecule has 2 aromatic heterocycles. The van der Waals surface area contributed by atoms with E-state index in [9.17, 15) is 14.7 Å². The summed E-state index contributed by atoms with van der Waals surface area (Å²) in [6.07, 6.45) is 3.13. The van der Waals surface area contributed by atoms with E-state index < -0.39 is 17.3 Å². The van der Waals surface area contributed by atoms with Crippen LogP contribution in [0.3, 0.4) is 0 Å². The van der Waals surface area contributed by atoms with Gasteiger partial charge in [-0.25, -0.2) is 9.18 Å². The zero-order chi connectivity index (χ0) is 18.9. The van der Waals surface area contributed by atoms with Crippen LogP contribution in [0.15, 0.2) is 17.1 Å². The third kappa shape index (κ3) is 2.79. The van der Waals surface area contributed by atoms with E-state index in [-0.39, 0.29) is 23.9 Å². The summed E-state index contributed by atoms with van der Waals surface area (Å²) in [6.45, 7) is 5.39. The summed E-state index contributed by atoms with van der Waals surface area (Å²) in [7, 11) is 0. The summed E-state index contributed by atoms with van der Waals surface area (Å²) < 4.78 is 16.3. The number of aromatic nitrogens is 1. The van der Waals surface area contributed by atoms with Crippen molar-refractivity contribution < 1.29 is 14.3 Å². The highest BCUT2D eigenvalue weighted by Crippen LogP contribution is 2.44. The predicted octanol–water partition coefficient (Wildman–Crippen LogP) is 2.40. The molecular weight excluding hydrogens is 385 g/mol. The van der Waals surface area contributed by atoms with Crippen LogP contribution in [-0.2, 0) is 0 Å². The second kappa shape index (κ2) is 6.74. The van der Waals surface area contributed by atoms with E-state index in [1.807, 2.05) is 6.92 Å². The van der Waals surface area contributed by atoms with Crippen molar-refractivity contribution in [2.45, 2.75) is 25.7 Å². The highest BCUT2D eigenvalue weighted by atomic mass is 35.5. The van der Waals surface area contributed by atoms with Crippen LogP contribution in [0.5, 0.6) is 0 Å². The maximum absolute atomic E-state index is 15.1. The lowest BCUT2D eigenvalue weighted by Gasteiger charge is -2.25. The van der Waals surface area contributed by atoms with Crippen molar-refractivity contribution in [2.75, 3.05) is 31.1 Å². The van der Waals surface area contributed by atoms with Gasteiger partial charge in [-0.1, -0.05) is 0 Å². The van der Waals surface area contributed by atoms with Gasteiger partial charge < -0.3 is 15.3 Å². The van der Waals surface area contributed by atoms with E-state index in [4.69, 9.17) is 0 Å². The van der Waals surface area contributed by atoms with Gasteiger partial charge in [0.2, 0.25) is 0 Å². The number of fused-ring (bicyclic) bond motifs is 2. The number of hydrogen-bond donors (Lipinski definition) is 2. The van der Waals surface area contributed by atoms with Crippen molar-refractivity contribution in [2.24, 2.45) is 11.8 Å². The Bertz CT molecular complexity index is 1020. The summed E-state index contributed by atoms with van der Waals surface area (Å²) in [5.41, 5.74) is 1.87. The fourth-order valence-corrected chi connectivity index (χ4v) is 4.93. The highest BCUT2D eigenvalue weighted by molar-refractivity contribution is 5.89. The number of aromatic carboxylic acids is 1. The van der Waals surface area contributed by atoms with Crippen LogP contribution in [0.25, 0.3) is 5.52 Å². The average Bonchev–Trinajstić information content (AvgIpc) is 3.24. The number of carbonyl (C=O) groups is 1. The van der Waals surface area contributed by atoms with Crippen LogP contribution in [0.4, 0.5) is 10.1 Å². The molecule has 2 saturated heterocycles. The molecule has 0 bridgehead atoms. The van der Waals surface area contributed by atoms with Crippen LogP contribution < -0.4 is 15.8 Å². The number of anilines is 1. The summed E-state index contributed by atoms with van der Waals surface area (Å²) >= 11 is 0. The van der Waals surface area contributed by atoms with Crippen LogP contribution in [0, 0.1) is 24.6 Å². The molecule has 5 rings (SSSR count).